The third-order valence-corrected chi connectivity index (χ3v) is 8.07. The van der Waals surface area contributed by atoms with Crippen molar-refractivity contribution in [3.05, 3.63) is 80.8 Å². The van der Waals surface area contributed by atoms with Crippen LogP contribution in [-0.2, 0) is 27.4 Å². The maximum Gasteiger partial charge on any atom is 0.356 e. The Morgan fingerprint density at radius 2 is 2.00 bits per heavy atom. The Bertz CT molecular complexity index is 1400. The minimum Gasteiger partial charge on any atom is -0.456 e. The summed E-state index contributed by atoms with van der Waals surface area (Å²) in [6, 6.07) is 11.1. The third kappa shape index (κ3) is 4.46. The summed E-state index contributed by atoms with van der Waals surface area (Å²) in [5.74, 6) is -0.278. The average molecular weight is 524 g/mol. The number of aliphatic hydroxyl groups is 1. The van der Waals surface area contributed by atoms with E-state index in [1.807, 2.05) is 35.7 Å². The number of esters is 1. The summed E-state index contributed by atoms with van der Waals surface area (Å²) in [6.07, 6.45) is 1.65. The second kappa shape index (κ2) is 9.94. The summed E-state index contributed by atoms with van der Waals surface area (Å²) in [5.41, 5.74) is 1.49. The zero-order valence-corrected chi connectivity index (χ0v) is 21.0. The minimum atomic E-state index is -0.833. The average Bonchev–Trinajstić information content (AvgIpc) is 3.39. The van der Waals surface area contributed by atoms with Gasteiger partial charge < -0.3 is 14.7 Å². The van der Waals surface area contributed by atoms with E-state index in [0.717, 1.165) is 16.4 Å². The van der Waals surface area contributed by atoms with Gasteiger partial charge in [0.2, 0.25) is 5.91 Å². The van der Waals surface area contributed by atoms with Crippen molar-refractivity contribution >= 4 is 35.0 Å². The van der Waals surface area contributed by atoms with Crippen molar-refractivity contribution in [3.8, 4) is 0 Å². The SMILES string of the molecule is C[C@@H](O)[C@H]1C(=O)N2C(C(=O)OCc3ccc([N+](=O)[O-])cc3)=C(SCCc3nnc4ccccn34)[C@H](C)[C@H]12. The number of aliphatic hydroxyl groups excluding tert-OH is 1. The van der Waals surface area contributed by atoms with Crippen molar-refractivity contribution in [1.29, 1.82) is 0 Å². The number of rotatable bonds is 9. The number of β-lactam (4-membered cyclic amide) rings is 1. The molecule has 11 nitrogen and oxygen atoms in total. The third-order valence-electron chi connectivity index (χ3n) is 6.79. The number of nitro groups is 1. The van der Waals surface area contributed by atoms with Gasteiger partial charge in [0.15, 0.2) is 5.65 Å². The molecule has 0 bridgehead atoms. The number of aromatic nitrogens is 3. The molecule has 0 saturated carbocycles. The molecule has 3 aromatic rings. The van der Waals surface area contributed by atoms with Crippen LogP contribution in [0.25, 0.3) is 5.65 Å². The van der Waals surface area contributed by atoms with E-state index in [-0.39, 0.29) is 35.9 Å². The summed E-state index contributed by atoms with van der Waals surface area (Å²) >= 11 is 1.47. The van der Waals surface area contributed by atoms with Crippen molar-refractivity contribution in [3.63, 3.8) is 0 Å². The van der Waals surface area contributed by atoms with Crippen LogP contribution in [0.15, 0.2) is 59.3 Å². The molecule has 0 radical (unpaired) electrons. The van der Waals surface area contributed by atoms with E-state index in [4.69, 9.17) is 4.74 Å². The number of benzene rings is 1. The van der Waals surface area contributed by atoms with Crippen LogP contribution in [0, 0.1) is 22.0 Å². The van der Waals surface area contributed by atoms with Crippen LogP contribution in [0.2, 0.25) is 0 Å². The highest BCUT2D eigenvalue weighted by Gasteiger charge is 2.60. The highest BCUT2D eigenvalue weighted by atomic mass is 32.2. The highest BCUT2D eigenvalue weighted by Crippen LogP contribution is 2.50. The number of fused-ring (bicyclic) bond motifs is 2. The van der Waals surface area contributed by atoms with E-state index in [1.54, 1.807) is 6.92 Å². The van der Waals surface area contributed by atoms with Gasteiger partial charge >= 0.3 is 5.97 Å². The molecule has 4 atom stereocenters. The van der Waals surface area contributed by atoms with E-state index in [1.165, 1.54) is 40.9 Å². The van der Waals surface area contributed by atoms with E-state index in [0.29, 0.717) is 17.7 Å². The van der Waals surface area contributed by atoms with Gasteiger partial charge in [-0.25, -0.2) is 4.79 Å². The number of ether oxygens (including phenoxy) is 1. The Labute approximate surface area is 216 Å². The number of aryl methyl sites for hydroxylation is 1. The monoisotopic (exact) mass is 523 g/mol. The molecule has 4 heterocycles. The number of carbonyl (C=O) groups excluding carboxylic acids is 2. The Morgan fingerprint density at radius 1 is 1.24 bits per heavy atom. The van der Waals surface area contributed by atoms with Gasteiger partial charge in [-0.15, -0.1) is 22.0 Å². The largest absolute Gasteiger partial charge is 0.456 e. The lowest BCUT2D eigenvalue weighted by molar-refractivity contribution is -0.384. The molecular formula is C25H25N5O6S. The topological polar surface area (TPSA) is 140 Å². The predicted molar refractivity (Wildman–Crippen MR) is 134 cm³/mol. The molecule has 2 aliphatic rings. The van der Waals surface area contributed by atoms with Gasteiger partial charge in [-0.3, -0.25) is 19.3 Å². The zero-order valence-electron chi connectivity index (χ0n) is 20.2. The number of pyridine rings is 1. The Morgan fingerprint density at radius 3 is 2.70 bits per heavy atom. The molecule has 1 fully saturated rings. The van der Waals surface area contributed by atoms with Gasteiger partial charge in [-0.2, -0.15) is 0 Å². The molecule has 192 valence electrons. The van der Waals surface area contributed by atoms with Crippen LogP contribution in [0.4, 0.5) is 5.69 Å². The molecule has 2 aromatic heterocycles. The Balaban J connectivity index is 1.34. The number of carbonyl (C=O) groups is 2. The van der Waals surface area contributed by atoms with Crippen LogP contribution in [0.5, 0.6) is 0 Å². The van der Waals surface area contributed by atoms with E-state index in [2.05, 4.69) is 10.2 Å². The van der Waals surface area contributed by atoms with Gasteiger partial charge in [-0.05, 0) is 36.8 Å². The fourth-order valence-electron chi connectivity index (χ4n) is 4.95. The van der Waals surface area contributed by atoms with Gasteiger partial charge in [0.1, 0.15) is 18.1 Å². The zero-order chi connectivity index (χ0) is 26.3. The first-order chi connectivity index (χ1) is 17.8. The summed E-state index contributed by atoms with van der Waals surface area (Å²) < 4.78 is 7.44. The summed E-state index contributed by atoms with van der Waals surface area (Å²) in [7, 11) is 0. The fourth-order valence-corrected chi connectivity index (χ4v) is 6.18. The van der Waals surface area contributed by atoms with E-state index in [9.17, 15) is 24.8 Å². The van der Waals surface area contributed by atoms with Crippen LogP contribution >= 0.6 is 11.8 Å². The molecule has 0 unspecified atom stereocenters. The number of nitrogens with zero attached hydrogens (tertiary/aromatic N) is 5. The highest BCUT2D eigenvalue weighted by molar-refractivity contribution is 8.03. The van der Waals surface area contributed by atoms with Crippen molar-refractivity contribution in [1.82, 2.24) is 19.5 Å². The predicted octanol–water partition coefficient (Wildman–Crippen LogP) is 2.73. The molecule has 1 amide bonds. The van der Waals surface area contributed by atoms with Crippen LogP contribution < -0.4 is 0 Å². The number of hydrogen-bond acceptors (Lipinski definition) is 9. The number of non-ortho nitro benzene ring substituents is 1. The first kappa shape index (κ1) is 24.9. The lowest BCUT2D eigenvalue weighted by Gasteiger charge is -2.46. The van der Waals surface area contributed by atoms with Gasteiger partial charge in [0, 0.05) is 41.3 Å². The van der Waals surface area contributed by atoms with Crippen molar-refractivity contribution in [2.75, 3.05) is 5.75 Å². The molecule has 0 spiro atoms. The second-order valence-electron chi connectivity index (χ2n) is 9.11. The number of amides is 1. The maximum absolute atomic E-state index is 13.2. The molecule has 1 saturated heterocycles. The lowest BCUT2D eigenvalue weighted by Crippen LogP contribution is -2.63. The molecule has 5 rings (SSSR count). The van der Waals surface area contributed by atoms with Gasteiger partial charge in [-0.1, -0.05) is 13.0 Å². The molecule has 12 heteroatoms. The number of hydrogen-bond donors (Lipinski definition) is 1. The Hall–Kier alpha value is -3.77. The number of thioether (sulfide) groups is 1. The van der Waals surface area contributed by atoms with Crippen LogP contribution in [0.1, 0.15) is 25.2 Å². The van der Waals surface area contributed by atoms with Crippen molar-refractivity contribution in [2.45, 2.75) is 39.0 Å². The lowest BCUT2D eigenvalue weighted by atomic mass is 9.79. The smallest absolute Gasteiger partial charge is 0.356 e. The fraction of sp³-hybridized carbons (Fsp3) is 0.360. The normalized spacial score (nSPS) is 21.6. The van der Waals surface area contributed by atoms with Gasteiger partial charge in [0.25, 0.3) is 5.69 Å². The van der Waals surface area contributed by atoms with Crippen LogP contribution in [0.3, 0.4) is 0 Å². The quantitative estimate of drug-likeness (QED) is 0.194. The molecule has 1 aromatic carbocycles. The molecule has 2 aliphatic heterocycles. The second-order valence-corrected chi connectivity index (χ2v) is 10.2. The molecule has 1 N–H and O–H groups in total. The first-order valence-corrected chi connectivity index (χ1v) is 12.8. The maximum atomic E-state index is 13.2. The van der Waals surface area contributed by atoms with Crippen LogP contribution in [-0.4, -0.2) is 59.3 Å². The van der Waals surface area contributed by atoms with Crippen molar-refractivity contribution in [2.24, 2.45) is 11.8 Å². The molecule has 37 heavy (non-hydrogen) atoms. The molecular weight excluding hydrogens is 498 g/mol. The van der Waals surface area contributed by atoms with E-state index >= 15 is 0 Å². The van der Waals surface area contributed by atoms with Gasteiger partial charge in [0.05, 0.1) is 23.0 Å². The standard InChI is InChI=1S/C25H25N5O6S/c1-14-21-20(15(2)31)24(32)29(21)22(25(33)36-13-16-6-8-17(9-7-16)30(34)35)23(14)37-12-10-19-27-26-18-5-3-4-11-28(18)19/h3-9,11,14-15,20-21,31H,10,12-13H2,1-2H3/t14-,15-,20-,21-/m1/s1. The minimum absolute atomic E-state index is 0.0558. The summed E-state index contributed by atoms with van der Waals surface area (Å²) in [6.45, 7) is 3.44. The summed E-state index contributed by atoms with van der Waals surface area (Å²) in [5, 5.41) is 29.5. The van der Waals surface area contributed by atoms with Crippen molar-refractivity contribution < 1.29 is 24.4 Å². The molecule has 0 aliphatic carbocycles. The van der Waals surface area contributed by atoms with E-state index < -0.39 is 22.9 Å². The first-order valence-electron chi connectivity index (χ1n) is 11.8. The number of nitro benzene ring substituents is 1. The summed E-state index contributed by atoms with van der Waals surface area (Å²) in [4.78, 5) is 38.7. The Kier molecular flexibility index (Phi) is 6.69.